The van der Waals surface area contributed by atoms with E-state index in [4.69, 9.17) is 16.2 Å². The highest BCUT2D eigenvalue weighted by Gasteiger charge is 2.27. The van der Waals surface area contributed by atoms with Gasteiger partial charge in [-0.25, -0.2) is 0 Å². The number of primary amides is 1. The highest BCUT2D eigenvalue weighted by atomic mass is 16.5. The number of methoxy groups -OCH3 is 1. The van der Waals surface area contributed by atoms with E-state index in [0.717, 1.165) is 0 Å². The van der Waals surface area contributed by atoms with Gasteiger partial charge in [0.1, 0.15) is 0 Å². The van der Waals surface area contributed by atoms with Crippen LogP contribution in [0, 0.1) is 0 Å². The maximum atomic E-state index is 10.7. The molecule has 0 saturated heterocycles. The van der Waals surface area contributed by atoms with Crippen LogP contribution in [0.2, 0.25) is 0 Å². The van der Waals surface area contributed by atoms with Gasteiger partial charge in [-0.3, -0.25) is 4.79 Å². The highest BCUT2D eigenvalue weighted by Crippen LogP contribution is 2.09. The van der Waals surface area contributed by atoms with Gasteiger partial charge in [0, 0.05) is 7.11 Å². The maximum absolute atomic E-state index is 10.7. The van der Waals surface area contributed by atoms with E-state index in [1.165, 1.54) is 0 Å². The average molecular weight is 160 g/mol. The van der Waals surface area contributed by atoms with Crippen LogP contribution >= 0.6 is 0 Å². The third kappa shape index (κ3) is 3.34. The SMILES string of the molecule is COC(C)CC(C)(N)C(N)=O. The third-order valence-electron chi connectivity index (χ3n) is 1.68. The average Bonchev–Trinajstić information content (AvgIpc) is 1.86. The molecular weight excluding hydrogens is 144 g/mol. The minimum atomic E-state index is -0.963. The molecule has 1 amide bonds. The van der Waals surface area contributed by atoms with Crippen molar-refractivity contribution in [3.63, 3.8) is 0 Å². The normalized spacial score (nSPS) is 18.9. The fourth-order valence-electron chi connectivity index (χ4n) is 0.781. The monoisotopic (exact) mass is 160 g/mol. The quantitative estimate of drug-likeness (QED) is 0.588. The Morgan fingerprint density at radius 3 is 2.45 bits per heavy atom. The molecule has 0 fully saturated rings. The van der Waals surface area contributed by atoms with E-state index in [2.05, 4.69) is 0 Å². The summed E-state index contributed by atoms with van der Waals surface area (Å²) >= 11 is 0. The van der Waals surface area contributed by atoms with Gasteiger partial charge in [0.2, 0.25) is 5.91 Å². The lowest BCUT2D eigenvalue weighted by Gasteiger charge is -2.23. The van der Waals surface area contributed by atoms with Gasteiger partial charge in [0.15, 0.2) is 0 Å². The Kier molecular flexibility index (Phi) is 3.48. The van der Waals surface area contributed by atoms with Crippen LogP contribution in [-0.2, 0) is 9.53 Å². The van der Waals surface area contributed by atoms with E-state index in [1.807, 2.05) is 6.92 Å². The molecule has 4 N–H and O–H groups in total. The molecule has 4 heteroatoms. The van der Waals surface area contributed by atoms with Crippen LogP contribution in [0.3, 0.4) is 0 Å². The first-order valence-corrected chi connectivity index (χ1v) is 3.51. The topological polar surface area (TPSA) is 78.3 Å². The van der Waals surface area contributed by atoms with E-state index in [9.17, 15) is 4.79 Å². The summed E-state index contributed by atoms with van der Waals surface area (Å²) in [5, 5.41) is 0. The van der Waals surface area contributed by atoms with Crippen LogP contribution in [-0.4, -0.2) is 24.7 Å². The molecule has 0 aromatic rings. The van der Waals surface area contributed by atoms with Gasteiger partial charge in [0.25, 0.3) is 0 Å². The summed E-state index contributed by atoms with van der Waals surface area (Å²) in [6.07, 6.45) is 0.399. The summed E-state index contributed by atoms with van der Waals surface area (Å²) in [5.74, 6) is -0.499. The summed E-state index contributed by atoms with van der Waals surface area (Å²) in [6, 6.07) is 0. The third-order valence-corrected chi connectivity index (χ3v) is 1.68. The van der Waals surface area contributed by atoms with Gasteiger partial charge in [0.05, 0.1) is 11.6 Å². The van der Waals surface area contributed by atoms with Crippen molar-refractivity contribution in [2.24, 2.45) is 11.5 Å². The van der Waals surface area contributed by atoms with E-state index in [1.54, 1.807) is 14.0 Å². The Labute approximate surface area is 66.9 Å². The number of carbonyl (C=O) groups is 1. The number of carbonyl (C=O) groups excluding carboxylic acids is 1. The van der Waals surface area contributed by atoms with Crippen molar-refractivity contribution in [1.29, 1.82) is 0 Å². The van der Waals surface area contributed by atoms with Crippen molar-refractivity contribution >= 4 is 5.91 Å². The van der Waals surface area contributed by atoms with Crippen molar-refractivity contribution < 1.29 is 9.53 Å². The Morgan fingerprint density at radius 1 is 1.73 bits per heavy atom. The summed E-state index contributed by atoms with van der Waals surface area (Å²) < 4.78 is 4.95. The maximum Gasteiger partial charge on any atom is 0.237 e. The second kappa shape index (κ2) is 3.69. The second-order valence-electron chi connectivity index (χ2n) is 3.03. The van der Waals surface area contributed by atoms with E-state index in [-0.39, 0.29) is 6.10 Å². The van der Waals surface area contributed by atoms with Crippen molar-refractivity contribution in [3.05, 3.63) is 0 Å². The van der Waals surface area contributed by atoms with Gasteiger partial charge < -0.3 is 16.2 Å². The first-order chi connectivity index (χ1) is 4.90. The number of rotatable bonds is 4. The number of nitrogens with two attached hydrogens (primary N) is 2. The summed E-state index contributed by atoms with van der Waals surface area (Å²) in [4.78, 5) is 10.7. The molecule has 2 unspecified atom stereocenters. The summed E-state index contributed by atoms with van der Waals surface area (Å²) in [7, 11) is 1.57. The number of ether oxygens (including phenoxy) is 1. The van der Waals surface area contributed by atoms with Crippen molar-refractivity contribution in [2.75, 3.05) is 7.11 Å². The Bertz CT molecular complexity index is 145. The standard InChI is InChI=1S/C7H16N2O2/c1-5(11-3)4-7(2,9)6(8)10/h5H,4,9H2,1-3H3,(H2,8,10). The molecule has 0 spiro atoms. The first kappa shape index (κ1) is 10.4. The van der Waals surface area contributed by atoms with Gasteiger partial charge in [-0.2, -0.15) is 0 Å². The molecule has 0 heterocycles. The van der Waals surface area contributed by atoms with Crippen LogP contribution in [0.15, 0.2) is 0 Å². The molecule has 0 bridgehead atoms. The van der Waals surface area contributed by atoms with Gasteiger partial charge in [-0.05, 0) is 20.3 Å². The molecule has 66 valence electrons. The number of amides is 1. The Morgan fingerprint density at radius 2 is 2.18 bits per heavy atom. The zero-order chi connectivity index (χ0) is 9.07. The van der Waals surface area contributed by atoms with Crippen LogP contribution in [0.5, 0.6) is 0 Å². The van der Waals surface area contributed by atoms with Crippen molar-refractivity contribution in [3.8, 4) is 0 Å². The van der Waals surface area contributed by atoms with E-state index >= 15 is 0 Å². The lowest BCUT2D eigenvalue weighted by molar-refractivity contribution is -0.123. The molecule has 0 aliphatic heterocycles. The second-order valence-corrected chi connectivity index (χ2v) is 3.03. The molecule has 0 aromatic carbocycles. The molecule has 0 saturated carbocycles. The number of hydrogen-bond acceptors (Lipinski definition) is 3. The molecular formula is C7H16N2O2. The molecule has 4 nitrogen and oxygen atoms in total. The number of hydrogen-bond donors (Lipinski definition) is 2. The van der Waals surface area contributed by atoms with Crippen molar-refractivity contribution in [1.82, 2.24) is 0 Å². The zero-order valence-electron chi connectivity index (χ0n) is 7.26. The predicted octanol–water partition coefficient (Wildman–Crippen LogP) is -0.386. The minimum Gasteiger partial charge on any atom is -0.382 e. The lowest BCUT2D eigenvalue weighted by atomic mass is 9.95. The lowest BCUT2D eigenvalue weighted by Crippen LogP contribution is -2.51. The van der Waals surface area contributed by atoms with E-state index in [0.29, 0.717) is 6.42 Å². The van der Waals surface area contributed by atoms with Gasteiger partial charge in [-0.1, -0.05) is 0 Å². The van der Waals surface area contributed by atoms with Crippen LogP contribution in [0.4, 0.5) is 0 Å². The fourth-order valence-corrected chi connectivity index (χ4v) is 0.781. The zero-order valence-corrected chi connectivity index (χ0v) is 7.26. The van der Waals surface area contributed by atoms with E-state index < -0.39 is 11.4 Å². The van der Waals surface area contributed by atoms with Crippen LogP contribution in [0.25, 0.3) is 0 Å². The first-order valence-electron chi connectivity index (χ1n) is 3.51. The molecule has 0 aliphatic rings. The Balaban J connectivity index is 4.01. The fraction of sp³-hybridized carbons (Fsp3) is 0.857. The van der Waals surface area contributed by atoms with Gasteiger partial charge in [-0.15, -0.1) is 0 Å². The van der Waals surface area contributed by atoms with Gasteiger partial charge >= 0.3 is 0 Å². The largest absolute Gasteiger partial charge is 0.382 e. The molecule has 0 radical (unpaired) electrons. The Hall–Kier alpha value is -0.610. The highest BCUT2D eigenvalue weighted by molar-refractivity contribution is 5.83. The summed E-state index contributed by atoms with van der Waals surface area (Å²) in [6.45, 7) is 3.44. The predicted molar refractivity (Wildman–Crippen MR) is 42.9 cm³/mol. The van der Waals surface area contributed by atoms with Crippen LogP contribution < -0.4 is 11.5 Å². The van der Waals surface area contributed by atoms with Crippen molar-refractivity contribution in [2.45, 2.75) is 31.9 Å². The molecule has 0 rings (SSSR count). The minimum absolute atomic E-state index is 0.0440. The molecule has 11 heavy (non-hydrogen) atoms. The molecule has 2 atom stereocenters. The van der Waals surface area contributed by atoms with Crippen LogP contribution in [0.1, 0.15) is 20.3 Å². The molecule has 0 aromatic heterocycles. The smallest absolute Gasteiger partial charge is 0.237 e. The summed E-state index contributed by atoms with van der Waals surface area (Å²) in [5.41, 5.74) is 9.67. The molecule has 0 aliphatic carbocycles.